The summed E-state index contributed by atoms with van der Waals surface area (Å²) in [5, 5.41) is 0. The molecular formula is C19H34FNO. The molecule has 0 heterocycles. The summed E-state index contributed by atoms with van der Waals surface area (Å²) in [7, 11) is 0. The van der Waals surface area contributed by atoms with Crippen LogP contribution in [0.15, 0.2) is 18.2 Å². The molecule has 128 valence electrons. The molecular weight excluding hydrogens is 277 g/mol. The Balaban J connectivity index is 0. The molecule has 22 heavy (non-hydrogen) atoms. The number of amides is 1. The zero-order valence-electron chi connectivity index (χ0n) is 15.6. The summed E-state index contributed by atoms with van der Waals surface area (Å²) >= 11 is 0. The second kappa shape index (κ2) is 13.3. The Kier molecular flexibility index (Phi) is 13.8. The summed E-state index contributed by atoms with van der Waals surface area (Å²) in [6.45, 7) is 16.3. The molecule has 1 amide bonds. The number of halogens is 1. The van der Waals surface area contributed by atoms with Gasteiger partial charge < -0.3 is 4.90 Å². The van der Waals surface area contributed by atoms with Gasteiger partial charge in [0.2, 0.25) is 6.41 Å². The van der Waals surface area contributed by atoms with E-state index in [9.17, 15) is 9.18 Å². The van der Waals surface area contributed by atoms with Crippen molar-refractivity contribution in [2.75, 3.05) is 4.90 Å². The minimum atomic E-state index is -0.237. The van der Waals surface area contributed by atoms with Crippen molar-refractivity contribution in [2.45, 2.75) is 74.3 Å². The number of nitrogens with zero attached hydrogens (tertiary/aromatic N) is 1. The summed E-state index contributed by atoms with van der Waals surface area (Å²) < 4.78 is 13.1. The molecule has 0 unspecified atom stereocenters. The van der Waals surface area contributed by atoms with Crippen molar-refractivity contribution < 1.29 is 9.18 Å². The van der Waals surface area contributed by atoms with Gasteiger partial charge in [0.15, 0.2) is 0 Å². The third kappa shape index (κ3) is 8.81. The highest BCUT2D eigenvalue weighted by atomic mass is 19.1. The SMILES string of the molecule is CC.CC(C)C.CCC(CC)N(C=O)c1ccc(F)c(C)c1. The van der Waals surface area contributed by atoms with Crippen molar-refractivity contribution in [1.29, 1.82) is 0 Å². The molecule has 0 spiro atoms. The molecule has 0 saturated heterocycles. The number of anilines is 1. The smallest absolute Gasteiger partial charge is 0.214 e. The number of hydrogen-bond acceptors (Lipinski definition) is 1. The fourth-order valence-corrected chi connectivity index (χ4v) is 1.83. The Bertz CT molecular complexity index is 398. The highest BCUT2D eigenvalue weighted by Gasteiger charge is 2.15. The van der Waals surface area contributed by atoms with Crippen molar-refractivity contribution in [1.82, 2.24) is 0 Å². The summed E-state index contributed by atoms with van der Waals surface area (Å²) in [5.74, 6) is 0.596. The van der Waals surface area contributed by atoms with Crippen LogP contribution < -0.4 is 4.90 Å². The predicted octanol–water partition coefficient (Wildman–Crippen LogP) is 5.97. The van der Waals surface area contributed by atoms with Crippen molar-refractivity contribution in [3.8, 4) is 0 Å². The monoisotopic (exact) mass is 311 g/mol. The second-order valence-electron chi connectivity index (χ2n) is 5.65. The Morgan fingerprint density at radius 2 is 1.59 bits per heavy atom. The van der Waals surface area contributed by atoms with Crippen LogP contribution in [0.1, 0.15) is 66.9 Å². The van der Waals surface area contributed by atoms with E-state index in [1.54, 1.807) is 24.0 Å². The Labute approximate surface area is 136 Å². The lowest BCUT2D eigenvalue weighted by atomic mass is 10.1. The van der Waals surface area contributed by atoms with Crippen molar-refractivity contribution >= 4 is 12.1 Å². The minimum absolute atomic E-state index is 0.183. The van der Waals surface area contributed by atoms with Crippen molar-refractivity contribution in [3.63, 3.8) is 0 Å². The van der Waals surface area contributed by atoms with Gasteiger partial charge >= 0.3 is 0 Å². The first-order valence-corrected chi connectivity index (χ1v) is 8.37. The van der Waals surface area contributed by atoms with E-state index in [1.165, 1.54) is 6.07 Å². The van der Waals surface area contributed by atoms with E-state index in [1.807, 2.05) is 27.7 Å². The van der Waals surface area contributed by atoms with Gasteiger partial charge in [0.1, 0.15) is 5.82 Å². The van der Waals surface area contributed by atoms with Crippen LogP contribution in [-0.4, -0.2) is 12.5 Å². The van der Waals surface area contributed by atoms with E-state index in [0.717, 1.165) is 30.9 Å². The first-order chi connectivity index (χ1) is 10.4. The fraction of sp³-hybridized carbons (Fsp3) is 0.632. The number of carbonyl (C=O) groups excluding carboxylic acids is 1. The Hall–Kier alpha value is -1.38. The molecule has 0 aliphatic carbocycles. The van der Waals surface area contributed by atoms with Crippen molar-refractivity contribution in [3.05, 3.63) is 29.6 Å². The van der Waals surface area contributed by atoms with Crippen LogP contribution in [0.3, 0.4) is 0 Å². The van der Waals surface area contributed by atoms with Gasteiger partial charge in [-0.15, -0.1) is 0 Å². The molecule has 3 heteroatoms. The average Bonchev–Trinajstić information content (AvgIpc) is 2.49. The molecule has 0 N–H and O–H groups in total. The average molecular weight is 311 g/mol. The summed E-state index contributed by atoms with van der Waals surface area (Å²) in [6.07, 6.45) is 2.61. The second-order valence-corrected chi connectivity index (χ2v) is 5.65. The van der Waals surface area contributed by atoms with Crippen LogP contribution in [0.5, 0.6) is 0 Å². The van der Waals surface area contributed by atoms with E-state index in [2.05, 4.69) is 20.8 Å². The highest BCUT2D eigenvalue weighted by Crippen LogP contribution is 2.21. The molecule has 1 aromatic rings. The lowest BCUT2D eigenvalue weighted by Crippen LogP contribution is -2.33. The zero-order valence-corrected chi connectivity index (χ0v) is 15.6. The fourth-order valence-electron chi connectivity index (χ4n) is 1.83. The number of carbonyl (C=O) groups is 1. The number of aryl methyl sites for hydroxylation is 1. The molecule has 0 aromatic heterocycles. The minimum Gasteiger partial charge on any atom is -0.312 e. The van der Waals surface area contributed by atoms with Gasteiger partial charge in [-0.05, 0) is 49.4 Å². The molecule has 0 radical (unpaired) electrons. The summed E-state index contributed by atoms with van der Waals surface area (Å²) in [5.41, 5.74) is 1.33. The van der Waals surface area contributed by atoms with Crippen LogP contribution in [0, 0.1) is 18.7 Å². The maximum absolute atomic E-state index is 13.1. The van der Waals surface area contributed by atoms with E-state index in [-0.39, 0.29) is 11.9 Å². The van der Waals surface area contributed by atoms with Gasteiger partial charge in [0, 0.05) is 11.7 Å². The summed E-state index contributed by atoms with van der Waals surface area (Å²) in [4.78, 5) is 12.8. The molecule has 1 rings (SSSR count). The number of rotatable bonds is 5. The third-order valence-corrected chi connectivity index (χ3v) is 2.89. The maximum atomic E-state index is 13.1. The van der Waals surface area contributed by atoms with E-state index >= 15 is 0 Å². The molecule has 0 bridgehead atoms. The lowest BCUT2D eigenvalue weighted by Gasteiger charge is -2.26. The van der Waals surface area contributed by atoms with Gasteiger partial charge in [-0.1, -0.05) is 48.5 Å². The molecule has 1 aromatic carbocycles. The molecule has 0 saturated carbocycles. The van der Waals surface area contributed by atoms with Gasteiger partial charge in [0.05, 0.1) is 0 Å². The Morgan fingerprint density at radius 1 is 1.14 bits per heavy atom. The lowest BCUT2D eigenvalue weighted by molar-refractivity contribution is -0.107. The van der Waals surface area contributed by atoms with Gasteiger partial charge in [-0.25, -0.2) is 4.39 Å². The first-order valence-electron chi connectivity index (χ1n) is 8.37. The Morgan fingerprint density at radius 3 is 1.91 bits per heavy atom. The molecule has 0 atom stereocenters. The van der Waals surface area contributed by atoms with E-state index in [4.69, 9.17) is 0 Å². The van der Waals surface area contributed by atoms with Crippen LogP contribution in [0.2, 0.25) is 0 Å². The van der Waals surface area contributed by atoms with Crippen LogP contribution in [-0.2, 0) is 4.79 Å². The topological polar surface area (TPSA) is 20.3 Å². The molecule has 2 nitrogen and oxygen atoms in total. The largest absolute Gasteiger partial charge is 0.312 e. The molecule has 0 aliphatic heterocycles. The zero-order chi connectivity index (χ0) is 17.7. The highest BCUT2D eigenvalue weighted by molar-refractivity contribution is 5.76. The van der Waals surface area contributed by atoms with Crippen molar-refractivity contribution in [2.24, 2.45) is 5.92 Å². The van der Waals surface area contributed by atoms with Crippen LogP contribution in [0.25, 0.3) is 0 Å². The van der Waals surface area contributed by atoms with Crippen LogP contribution in [0.4, 0.5) is 10.1 Å². The van der Waals surface area contributed by atoms with Gasteiger partial charge in [-0.3, -0.25) is 4.79 Å². The number of benzene rings is 1. The van der Waals surface area contributed by atoms with Crippen LogP contribution >= 0.6 is 0 Å². The molecule has 0 fully saturated rings. The quantitative estimate of drug-likeness (QED) is 0.613. The first kappa shape index (κ1) is 22.9. The molecule has 0 aliphatic rings. The summed E-state index contributed by atoms with van der Waals surface area (Å²) in [6, 6.07) is 4.95. The predicted molar refractivity (Wildman–Crippen MR) is 95.9 cm³/mol. The third-order valence-electron chi connectivity index (χ3n) is 2.89. The van der Waals surface area contributed by atoms with E-state index in [0.29, 0.717) is 5.56 Å². The van der Waals surface area contributed by atoms with Gasteiger partial charge in [0.25, 0.3) is 0 Å². The standard InChI is InChI=1S/C13H18FNO.C4H10.C2H6/c1-4-11(5-2)15(9-16)12-6-7-13(14)10(3)8-12;1-4(2)3;1-2/h6-9,11H,4-5H2,1-3H3;4H,1-3H3;1-2H3. The van der Waals surface area contributed by atoms with Gasteiger partial charge in [-0.2, -0.15) is 0 Å². The van der Waals surface area contributed by atoms with E-state index < -0.39 is 0 Å². The number of hydrogen-bond donors (Lipinski definition) is 0. The normalized spacial score (nSPS) is 9.59. The maximum Gasteiger partial charge on any atom is 0.214 e.